The molecule has 2 saturated heterocycles. The molecule has 1 N–H and O–H groups in total. The van der Waals surface area contributed by atoms with E-state index in [9.17, 15) is 14.4 Å². The summed E-state index contributed by atoms with van der Waals surface area (Å²) >= 11 is 6.21. The first-order valence-corrected chi connectivity index (χ1v) is 8.67. The Hall–Kier alpha value is -2.32. The van der Waals surface area contributed by atoms with Crippen molar-refractivity contribution < 1.29 is 24.2 Å². The van der Waals surface area contributed by atoms with Gasteiger partial charge in [-0.25, -0.2) is 4.79 Å². The number of halogens is 1. The van der Waals surface area contributed by atoms with Gasteiger partial charge in [-0.2, -0.15) is 0 Å². The van der Waals surface area contributed by atoms with Crippen molar-refractivity contribution in [2.24, 2.45) is 0 Å². The molecule has 0 aliphatic carbocycles. The fourth-order valence-electron chi connectivity index (χ4n) is 2.99. The SMILES string of the molecule is CN(CC(=O)N1CCN(c2ccccc2Cl)CC1)C(=O)[C@H]1O[C@@H]1C(=O)O. The molecule has 8 nitrogen and oxygen atoms in total. The summed E-state index contributed by atoms with van der Waals surface area (Å²) in [6.07, 6.45) is -2.08. The summed E-state index contributed by atoms with van der Waals surface area (Å²) in [6, 6.07) is 7.57. The smallest absolute Gasteiger partial charge is 0.336 e. The molecule has 9 heteroatoms. The van der Waals surface area contributed by atoms with Crippen LogP contribution in [0.15, 0.2) is 24.3 Å². The normalized spacial score (nSPS) is 22.1. The maximum atomic E-state index is 12.4. The van der Waals surface area contributed by atoms with E-state index in [-0.39, 0.29) is 12.5 Å². The van der Waals surface area contributed by atoms with Gasteiger partial charge in [-0.05, 0) is 12.1 Å². The highest BCUT2D eigenvalue weighted by Gasteiger charge is 2.51. The minimum Gasteiger partial charge on any atom is -0.479 e. The summed E-state index contributed by atoms with van der Waals surface area (Å²) in [4.78, 5) is 40.3. The van der Waals surface area contributed by atoms with Gasteiger partial charge in [0.05, 0.1) is 17.3 Å². The summed E-state index contributed by atoms with van der Waals surface area (Å²) in [6.45, 7) is 2.27. The van der Waals surface area contributed by atoms with Crippen LogP contribution in [0.3, 0.4) is 0 Å². The number of hydrogen-bond donors (Lipinski definition) is 1. The Morgan fingerprint density at radius 3 is 2.42 bits per heavy atom. The molecule has 2 aliphatic heterocycles. The summed E-state index contributed by atoms with van der Waals surface area (Å²) in [7, 11) is 1.47. The standard InChI is InChI=1S/C17H20ClN3O5/c1-19(16(23)14-15(26-14)17(24)25)10-13(22)21-8-6-20(7-9-21)12-5-3-2-4-11(12)18/h2-5,14-15H,6-10H2,1H3,(H,24,25)/t14-,15-/m0/s1. The highest BCUT2D eigenvalue weighted by Crippen LogP contribution is 2.26. The zero-order valence-corrected chi connectivity index (χ0v) is 15.1. The highest BCUT2D eigenvalue weighted by atomic mass is 35.5. The molecule has 3 rings (SSSR count). The lowest BCUT2D eigenvalue weighted by Gasteiger charge is -2.37. The molecule has 0 radical (unpaired) electrons. The summed E-state index contributed by atoms with van der Waals surface area (Å²) in [5.74, 6) is -1.83. The number of ether oxygens (including phenoxy) is 1. The predicted octanol–water partition coefficient (Wildman–Crippen LogP) is 0.299. The molecular weight excluding hydrogens is 362 g/mol. The maximum Gasteiger partial charge on any atom is 0.336 e. The van der Waals surface area contributed by atoms with Crippen molar-refractivity contribution in [2.45, 2.75) is 12.2 Å². The van der Waals surface area contributed by atoms with Crippen molar-refractivity contribution in [3.05, 3.63) is 29.3 Å². The minimum absolute atomic E-state index is 0.100. The number of amides is 2. The van der Waals surface area contributed by atoms with Gasteiger partial charge in [-0.3, -0.25) is 9.59 Å². The first kappa shape index (κ1) is 18.5. The maximum absolute atomic E-state index is 12.4. The average molecular weight is 382 g/mol. The number of carbonyl (C=O) groups excluding carboxylic acids is 2. The van der Waals surface area contributed by atoms with Crippen LogP contribution in [0.1, 0.15) is 0 Å². The van der Waals surface area contributed by atoms with Gasteiger partial charge >= 0.3 is 5.97 Å². The van der Waals surface area contributed by atoms with Crippen LogP contribution >= 0.6 is 11.6 Å². The minimum atomic E-state index is -1.17. The third-order valence-corrected chi connectivity index (χ3v) is 4.87. The summed E-state index contributed by atoms with van der Waals surface area (Å²) in [5.41, 5.74) is 0.944. The number of rotatable bonds is 5. The largest absolute Gasteiger partial charge is 0.479 e. The Morgan fingerprint density at radius 1 is 1.19 bits per heavy atom. The molecule has 2 atom stereocenters. The Morgan fingerprint density at radius 2 is 1.85 bits per heavy atom. The Kier molecular flexibility index (Phi) is 5.33. The van der Waals surface area contributed by atoms with Crippen molar-refractivity contribution in [1.82, 2.24) is 9.80 Å². The molecule has 2 heterocycles. The number of carboxylic acid groups (broad SMARTS) is 1. The van der Waals surface area contributed by atoms with Crippen LogP contribution in [0.5, 0.6) is 0 Å². The second-order valence-electron chi connectivity index (χ2n) is 6.33. The molecule has 0 saturated carbocycles. The van der Waals surface area contributed by atoms with E-state index >= 15 is 0 Å². The fraction of sp³-hybridized carbons (Fsp3) is 0.471. The second-order valence-corrected chi connectivity index (χ2v) is 6.74. The molecule has 1 aromatic rings. The van der Waals surface area contributed by atoms with E-state index in [4.69, 9.17) is 21.4 Å². The number of hydrogen-bond acceptors (Lipinski definition) is 5. The molecule has 140 valence electrons. The topological polar surface area (TPSA) is 93.7 Å². The molecule has 26 heavy (non-hydrogen) atoms. The molecular formula is C17H20ClN3O5. The lowest BCUT2D eigenvalue weighted by molar-refractivity contribution is -0.140. The highest BCUT2D eigenvalue weighted by molar-refractivity contribution is 6.33. The van der Waals surface area contributed by atoms with E-state index in [0.29, 0.717) is 31.2 Å². The van der Waals surface area contributed by atoms with Gasteiger partial charge in [-0.15, -0.1) is 0 Å². The molecule has 2 aliphatic rings. The number of anilines is 1. The van der Waals surface area contributed by atoms with Crippen LogP contribution in [0.2, 0.25) is 5.02 Å². The number of nitrogens with zero attached hydrogens (tertiary/aromatic N) is 3. The lowest BCUT2D eigenvalue weighted by atomic mass is 10.2. The molecule has 2 fully saturated rings. The number of benzene rings is 1. The van der Waals surface area contributed by atoms with Gasteiger partial charge in [-0.1, -0.05) is 23.7 Å². The fourth-order valence-corrected chi connectivity index (χ4v) is 3.25. The van der Waals surface area contributed by atoms with E-state index < -0.39 is 24.1 Å². The molecule has 0 unspecified atom stereocenters. The lowest BCUT2D eigenvalue weighted by Crippen LogP contribution is -2.51. The third kappa shape index (κ3) is 3.91. The van der Waals surface area contributed by atoms with Crippen molar-refractivity contribution in [3.63, 3.8) is 0 Å². The van der Waals surface area contributed by atoms with Crippen molar-refractivity contribution in [2.75, 3.05) is 44.7 Å². The summed E-state index contributed by atoms with van der Waals surface area (Å²) < 4.78 is 4.83. The number of epoxide rings is 1. The van der Waals surface area contributed by atoms with Gasteiger partial charge in [0.25, 0.3) is 5.91 Å². The number of likely N-dealkylation sites (N-methyl/N-ethyl adjacent to an activating group) is 1. The average Bonchev–Trinajstić information content (AvgIpc) is 3.42. The number of para-hydroxylation sites is 1. The Balaban J connectivity index is 1.49. The Bertz CT molecular complexity index is 720. The van der Waals surface area contributed by atoms with Gasteiger partial charge in [0.15, 0.2) is 12.2 Å². The zero-order valence-electron chi connectivity index (χ0n) is 14.3. The second kappa shape index (κ2) is 7.51. The first-order valence-electron chi connectivity index (χ1n) is 8.29. The number of piperazine rings is 1. The number of carboxylic acids is 1. The van der Waals surface area contributed by atoms with Gasteiger partial charge < -0.3 is 24.5 Å². The van der Waals surface area contributed by atoms with Gasteiger partial charge in [0.2, 0.25) is 5.91 Å². The van der Waals surface area contributed by atoms with Crippen LogP contribution in [0.25, 0.3) is 0 Å². The van der Waals surface area contributed by atoms with Crippen LogP contribution in [0, 0.1) is 0 Å². The molecule has 0 spiro atoms. The van der Waals surface area contributed by atoms with Crippen LogP contribution < -0.4 is 4.90 Å². The van der Waals surface area contributed by atoms with Crippen molar-refractivity contribution in [1.29, 1.82) is 0 Å². The molecule has 2 amide bonds. The number of carbonyl (C=O) groups is 3. The van der Waals surface area contributed by atoms with Crippen LogP contribution in [-0.4, -0.2) is 84.7 Å². The van der Waals surface area contributed by atoms with Crippen LogP contribution in [-0.2, 0) is 19.1 Å². The summed E-state index contributed by atoms with van der Waals surface area (Å²) in [5, 5.41) is 9.47. The monoisotopic (exact) mass is 381 g/mol. The van der Waals surface area contributed by atoms with Gasteiger partial charge in [0.1, 0.15) is 0 Å². The van der Waals surface area contributed by atoms with E-state index in [1.807, 2.05) is 24.3 Å². The van der Waals surface area contributed by atoms with E-state index in [1.165, 1.54) is 11.9 Å². The Labute approximate surface area is 155 Å². The van der Waals surface area contributed by atoms with E-state index in [2.05, 4.69) is 4.90 Å². The number of aliphatic carboxylic acids is 1. The van der Waals surface area contributed by atoms with Crippen LogP contribution in [0.4, 0.5) is 5.69 Å². The quantitative estimate of drug-likeness (QED) is 0.737. The molecule has 1 aromatic carbocycles. The molecule has 0 aromatic heterocycles. The molecule has 0 bridgehead atoms. The zero-order chi connectivity index (χ0) is 18.8. The van der Waals surface area contributed by atoms with Gasteiger partial charge in [0, 0.05) is 33.2 Å². The van der Waals surface area contributed by atoms with E-state index in [0.717, 1.165) is 5.69 Å². The first-order chi connectivity index (χ1) is 12.4. The third-order valence-electron chi connectivity index (χ3n) is 4.55. The van der Waals surface area contributed by atoms with Crippen molar-refractivity contribution >= 4 is 35.1 Å². The van der Waals surface area contributed by atoms with Crippen molar-refractivity contribution in [3.8, 4) is 0 Å². The van der Waals surface area contributed by atoms with E-state index in [1.54, 1.807) is 4.90 Å². The predicted molar refractivity (Wildman–Crippen MR) is 94.2 cm³/mol.